The normalized spacial score (nSPS) is 24.4. The molecule has 2 aromatic rings. The lowest BCUT2D eigenvalue weighted by atomic mass is 10.2. The number of hydrogen-bond donors (Lipinski definition) is 0. The van der Waals surface area contributed by atoms with E-state index in [1.54, 1.807) is 12.1 Å². The zero-order valence-electron chi connectivity index (χ0n) is 7.44. The highest BCUT2D eigenvalue weighted by molar-refractivity contribution is 9.10. The monoisotopic (exact) mass is 321 g/mol. The number of benzene rings is 1. The van der Waals surface area contributed by atoms with Gasteiger partial charge >= 0.3 is 7.82 Å². The van der Waals surface area contributed by atoms with Crippen molar-refractivity contribution in [1.29, 1.82) is 0 Å². The van der Waals surface area contributed by atoms with Crippen LogP contribution >= 0.6 is 35.4 Å². The quantitative estimate of drug-likeness (QED) is 0.698. The van der Waals surface area contributed by atoms with Gasteiger partial charge in [0.25, 0.3) is 5.88 Å². The summed E-state index contributed by atoms with van der Waals surface area (Å²) in [6.45, 7) is 0. The molecule has 3 heterocycles. The fourth-order valence-corrected chi connectivity index (χ4v) is 3.75. The van der Waals surface area contributed by atoms with Gasteiger partial charge in [-0.1, -0.05) is 11.6 Å². The van der Waals surface area contributed by atoms with Crippen molar-refractivity contribution in [3.63, 3.8) is 0 Å². The Kier molecular flexibility index (Phi) is 1.45. The molecule has 1 unspecified atom stereocenters. The second-order valence-corrected chi connectivity index (χ2v) is 6.02. The Morgan fingerprint density at radius 1 is 1.38 bits per heavy atom. The Bertz CT molecular complexity index is 712. The Labute approximate surface area is 103 Å². The van der Waals surface area contributed by atoms with Crippen LogP contribution in [0.3, 0.4) is 0 Å². The number of nitrogens with zero attached hydrogens (tertiary/aromatic N) is 1. The molecule has 0 saturated heterocycles. The molecular weight excluding hydrogens is 320 g/mol. The molecule has 8 heteroatoms. The minimum absolute atomic E-state index is 0.335. The number of aromatic nitrogens is 1. The molecule has 4 rings (SSSR count). The molecule has 0 fully saturated rings. The number of halogens is 2. The number of hydrogen-bond acceptors (Lipinski definition) is 4. The van der Waals surface area contributed by atoms with E-state index in [1.807, 2.05) is 0 Å². The van der Waals surface area contributed by atoms with Gasteiger partial charge in [0.15, 0.2) is 0 Å². The summed E-state index contributed by atoms with van der Waals surface area (Å²) >= 11 is 9.34. The molecule has 2 bridgehead atoms. The number of phosphoric ester groups is 1. The molecule has 0 N–H and O–H groups in total. The highest BCUT2D eigenvalue weighted by Gasteiger charge is 2.53. The van der Waals surface area contributed by atoms with E-state index in [4.69, 9.17) is 25.3 Å². The number of rotatable bonds is 0. The van der Waals surface area contributed by atoms with Gasteiger partial charge in [-0.05, 0) is 28.1 Å². The van der Waals surface area contributed by atoms with Gasteiger partial charge in [0.05, 0.1) is 15.9 Å². The fraction of sp³-hybridized carbons (Fsp3) is 0. The van der Waals surface area contributed by atoms with Crippen LogP contribution in [0.4, 0.5) is 0 Å². The summed E-state index contributed by atoms with van der Waals surface area (Å²) in [7, 11) is -3.46. The van der Waals surface area contributed by atoms with Crippen LogP contribution in [0.1, 0.15) is 0 Å². The lowest BCUT2D eigenvalue weighted by molar-refractivity contribution is 0.252. The Morgan fingerprint density at radius 2 is 2.19 bits per heavy atom. The average Bonchev–Trinajstić information content (AvgIpc) is 2.77. The van der Waals surface area contributed by atoms with Crippen LogP contribution in [-0.2, 0) is 4.57 Å². The van der Waals surface area contributed by atoms with E-state index in [9.17, 15) is 4.57 Å². The van der Waals surface area contributed by atoms with Crippen molar-refractivity contribution in [1.82, 2.24) is 4.73 Å². The molecule has 82 valence electrons. The third-order valence-electron chi connectivity index (χ3n) is 2.48. The molecule has 2 aliphatic rings. The van der Waals surface area contributed by atoms with Crippen LogP contribution in [0, 0.1) is 0 Å². The van der Waals surface area contributed by atoms with Crippen LogP contribution in [0.2, 0.25) is 5.02 Å². The maximum atomic E-state index is 11.8. The van der Waals surface area contributed by atoms with E-state index in [0.717, 1.165) is 0 Å². The summed E-state index contributed by atoms with van der Waals surface area (Å²) in [6, 6.07) is 3.46. The van der Waals surface area contributed by atoms with Gasteiger partial charge in [0.2, 0.25) is 5.75 Å². The third kappa shape index (κ3) is 0.875. The summed E-state index contributed by atoms with van der Waals surface area (Å²) < 4.78 is 29.1. The maximum absolute atomic E-state index is 11.8. The summed E-state index contributed by atoms with van der Waals surface area (Å²) in [4.78, 5) is 0. The van der Waals surface area contributed by atoms with E-state index in [0.29, 0.717) is 32.0 Å². The standard InChI is InChI=1S/C8H2BrClNO4P/c9-6-3(10)1-2-4-5(6)7-8-11(4)15-16(12,13-7)14-8/h1-2H. The topological polar surface area (TPSA) is 49.7 Å². The van der Waals surface area contributed by atoms with Gasteiger partial charge in [0, 0.05) is 4.47 Å². The van der Waals surface area contributed by atoms with Gasteiger partial charge in [-0.2, -0.15) is 4.57 Å². The fourth-order valence-electron chi connectivity index (χ4n) is 1.85. The average molecular weight is 322 g/mol. The first-order chi connectivity index (χ1) is 7.59. The van der Waals surface area contributed by atoms with Crippen LogP contribution < -0.4 is 13.7 Å². The molecule has 1 atom stereocenters. The molecule has 1 aromatic carbocycles. The van der Waals surface area contributed by atoms with Crippen LogP contribution in [0.5, 0.6) is 11.6 Å². The Morgan fingerprint density at radius 3 is 2.94 bits per heavy atom. The van der Waals surface area contributed by atoms with Crippen molar-refractivity contribution in [3.05, 3.63) is 21.6 Å². The zero-order valence-corrected chi connectivity index (χ0v) is 10.7. The molecule has 0 spiro atoms. The predicted octanol–water partition coefficient (Wildman–Crippen LogP) is 3.38. The van der Waals surface area contributed by atoms with Crippen molar-refractivity contribution in [2.75, 3.05) is 0 Å². The SMILES string of the molecule is O=P12Oc3c(n(c4ccc(Cl)c(Br)c34)O1)O2. The third-order valence-corrected chi connectivity index (χ3v) is 5.01. The first kappa shape index (κ1) is 9.22. The van der Waals surface area contributed by atoms with Crippen LogP contribution in [0.25, 0.3) is 10.9 Å². The molecule has 0 aliphatic carbocycles. The highest BCUT2D eigenvalue weighted by Crippen LogP contribution is 2.66. The first-order valence-corrected chi connectivity index (χ1v) is 6.94. The van der Waals surface area contributed by atoms with Crippen molar-refractivity contribution >= 4 is 46.3 Å². The van der Waals surface area contributed by atoms with Crippen molar-refractivity contribution in [3.8, 4) is 11.6 Å². The predicted molar refractivity (Wildman–Crippen MR) is 60.1 cm³/mol. The van der Waals surface area contributed by atoms with E-state index in [2.05, 4.69) is 15.9 Å². The van der Waals surface area contributed by atoms with E-state index < -0.39 is 7.82 Å². The van der Waals surface area contributed by atoms with Gasteiger partial charge < -0.3 is 9.05 Å². The van der Waals surface area contributed by atoms with Crippen molar-refractivity contribution < 1.29 is 18.2 Å². The summed E-state index contributed by atoms with van der Waals surface area (Å²) in [5, 5.41) is 1.25. The lowest BCUT2D eigenvalue weighted by Crippen LogP contribution is -2.04. The molecule has 5 nitrogen and oxygen atoms in total. The zero-order chi connectivity index (χ0) is 11.1. The van der Waals surface area contributed by atoms with Crippen molar-refractivity contribution in [2.45, 2.75) is 0 Å². The van der Waals surface area contributed by atoms with Gasteiger partial charge in [-0.3, -0.25) is 4.62 Å². The molecule has 1 aromatic heterocycles. The number of fused-ring (bicyclic) bond motifs is 4. The first-order valence-electron chi connectivity index (χ1n) is 4.31. The number of phosphoric acid groups is 1. The maximum Gasteiger partial charge on any atom is 0.668 e. The molecule has 16 heavy (non-hydrogen) atoms. The van der Waals surface area contributed by atoms with Crippen LogP contribution in [-0.4, -0.2) is 4.73 Å². The second-order valence-electron chi connectivity index (χ2n) is 3.40. The smallest absolute Gasteiger partial charge is 0.378 e. The molecule has 0 saturated carbocycles. The Hall–Kier alpha value is -0.840. The second kappa shape index (κ2) is 2.53. The molecule has 0 radical (unpaired) electrons. The minimum atomic E-state index is -3.46. The van der Waals surface area contributed by atoms with Gasteiger partial charge in [-0.25, -0.2) is 0 Å². The van der Waals surface area contributed by atoms with E-state index >= 15 is 0 Å². The van der Waals surface area contributed by atoms with E-state index in [-0.39, 0.29) is 0 Å². The largest absolute Gasteiger partial charge is 0.668 e. The minimum Gasteiger partial charge on any atom is -0.378 e. The molecular formula is C8H2BrClNO4P. The molecule has 0 amide bonds. The lowest BCUT2D eigenvalue weighted by Gasteiger charge is -2.03. The van der Waals surface area contributed by atoms with E-state index in [1.165, 1.54) is 4.73 Å². The summed E-state index contributed by atoms with van der Waals surface area (Å²) in [6.07, 6.45) is 0. The van der Waals surface area contributed by atoms with Crippen LogP contribution in [0.15, 0.2) is 16.6 Å². The van der Waals surface area contributed by atoms with Crippen molar-refractivity contribution in [2.24, 2.45) is 0 Å². The van der Waals surface area contributed by atoms with Gasteiger partial charge in [0.1, 0.15) is 0 Å². The van der Waals surface area contributed by atoms with Gasteiger partial charge in [-0.15, -0.1) is 4.73 Å². The highest BCUT2D eigenvalue weighted by atomic mass is 79.9. The summed E-state index contributed by atoms with van der Waals surface area (Å²) in [5.74, 6) is 0.750. The Balaban J connectivity index is 2.26. The molecule has 2 aliphatic heterocycles. The summed E-state index contributed by atoms with van der Waals surface area (Å²) in [5.41, 5.74) is 0.705.